The Morgan fingerprint density at radius 3 is 0.908 bits per heavy atom. The number of hydrogen-bond acceptors (Lipinski definition) is 10. The topological polar surface area (TPSA) is 155 Å². The van der Waals surface area contributed by atoms with Gasteiger partial charge in [0.1, 0.15) is 12.7 Å². The molecule has 0 aliphatic heterocycles. The minimum absolute atomic E-state index is 0.164. The van der Waals surface area contributed by atoms with E-state index in [9.17, 15) is 28.9 Å². The van der Waals surface area contributed by atoms with Crippen molar-refractivity contribution in [3.05, 3.63) is 36.5 Å². The Hall–Kier alpha value is -2.30. The van der Waals surface area contributed by atoms with Crippen molar-refractivity contribution in [1.82, 2.24) is 0 Å². The zero-order valence-electron chi connectivity index (χ0n) is 49.5. The summed E-state index contributed by atoms with van der Waals surface area (Å²) < 4.78 is 39.7. The van der Waals surface area contributed by atoms with Gasteiger partial charge in [0.2, 0.25) is 0 Å². The van der Waals surface area contributed by atoms with Gasteiger partial charge in [-0.25, -0.2) is 4.57 Å². The summed E-state index contributed by atoms with van der Waals surface area (Å²) in [4.78, 5) is 48.7. The molecular formula is C64H119O11P. The summed E-state index contributed by atoms with van der Waals surface area (Å²) in [6.45, 7) is 4.67. The maximum Gasteiger partial charge on any atom is 0.472 e. The van der Waals surface area contributed by atoms with Crippen LogP contribution in [0.25, 0.3) is 0 Å². The van der Waals surface area contributed by atoms with Gasteiger partial charge in [-0.2, -0.15) is 0 Å². The minimum Gasteiger partial charge on any atom is -0.462 e. The standard InChI is InChI=1S/C64H119O11P/c1-4-7-10-13-16-19-22-25-28-30-33-35-38-41-44-47-50-53-62(66)71-57-61(75-64(68)55-52-49-46-43-40-37-34-31-29-26-23-20-17-14-11-8-5-2)59-73-76(69,70)72-58-60(56-65)74-63(67)54-51-48-45-42-39-36-32-27-24-21-18-15-12-9-6-3/h25-29,32,60-61,65H,4-24,30-31,33-59H2,1-3H3,(H,69,70)/b28-25-,29-26-,32-27-. The van der Waals surface area contributed by atoms with E-state index in [1.807, 2.05) is 0 Å². The van der Waals surface area contributed by atoms with E-state index in [1.54, 1.807) is 0 Å². The quantitative estimate of drug-likeness (QED) is 0.0197. The fourth-order valence-corrected chi connectivity index (χ4v) is 9.89. The van der Waals surface area contributed by atoms with Gasteiger partial charge in [0, 0.05) is 19.3 Å². The molecule has 0 spiro atoms. The third-order valence-corrected chi connectivity index (χ3v) is 15.0. The zero-order chi connectivity index (χ0) is 55.5. The number of aliphatic hydroxyl groups excluding tert-OH is 1. The Morgan fingerprint density at radius 1 is 0.355 bits per heavy atom. The lowest BCUT2D eigenvalue weighted by atomic mass is 10.1. The van der Waals surface area contributed by atoms with Gasteiger partial charge in [0.25, 0.3) is 0 Å². The van der Waals surface area contributed by atoms with Gasteiger partial charge >= 0.3 is 25.7 Å². The molecule has 0 aromatic carbocycles. The molecule has 76 heavy (non-hydrogen) atoms. The maximum atomic E-state index is 12.9. The number of carbonyl (C=O) groups excluding carboxylic acids is 3. The number of phosphoric ester groups is 1. The molecule has 3 atom stereocenters. The van der Waals surface area contributed by atoms with Gasteiger partial charge in [-0.1, -0.05) is 237 Å². The summed E-state index contributed by atoms with van der Waals surface area (Å²) in [6.07, 6.45) is 62.3. The zero-order valence-corrected chi connectivity index (χ0v) is 50.4. The van der Waals surface area contributed by atoms with Crippen LogP contribution in [0.15, 0.2) is 36.5 Å². The molecule has 2 N–H and O–H groups in total. The van der Waals surface area contributed by atoms with Crippen molar-refractivity contribution in [3.8, 4) is 0 Å². The molecule has 0 aromatic heterocycles. The highest BCUT2D eigenvalue weighted by atomic mass is 31.2. The van der Waals surface area contributed by atoms with Gasteiger partial charge in [-0.05, 0) is 96.3 Å². The molecule has 11 nitrogen and oxygen atoms in total. The highest BCUT2D eigenvalue weighted by Gasteiger charge is 2.28. The van der Waals surface area contributed by atoms with Crippen LogP contribution in [0.4, 0.5) is 0 Å². The van der Waals surface area contributed by atoms with Crippen LogP contribution in [0.2, 0.25) is 0 Å². The SMILES string of the molecule is CCCCCCCC/C=C\CCCCCCCCCC(=O)OCC(COP(=O)(O)OCC(CO)OC(=O)CCCCCCC/C=C\CCCCCCCC)OC(=O)CCCCCCCCC/C=C\CCCCCCCC. The molecule has 0 saturated heterocycles. The average Bonchev–Trinajstić information content (AvgIpc) is 3.41. The molecule has 0 bridgehead atoms. The Morgan fingerprint density at radius 2 is 0.605 bits per heavy atom. The highest BCUT2D eigenvalue weighted by Crippen LogP contribution is 2.43. The third-order valence-electron chi connectivity index (χ3n) is 14.0. The molecule has 0 radical (unpaired) electrons. The molecular weight excluding hydrogens is 976 g/mol. The lowest BCUT2D eigenvalue weighted by Gasteiger charge is -2.21. The van der Waals surface area contributed by atoms with E-state index in [0.717, 1.165) is 89.9 Å². The van der Waals surface area contributed by atoms with Crippen molar-refractivity contribution < 1.29 is 52.2 Å². The Labute approximate surface area is 467 Å². The predicted octanol–water partition coefficient (Wildman–Crippen LogP) is 19.2. The summed E-state index contributed by atoms with van der Waals surface area (Å²) in [6, 6.07) is 0. The van der Waals surface area contributed by atoms with Crippen LogP contribution in [0, 0.1) is 0 Å². The first-order valence-corrected chi connectivity index (χ1v) is 33.4. The molecule has 0 amide bonds. The normalized spacial score (nSPS) is 13.5. The van der Waals surface area contributed by atoms with E-state index in [-0.39, 0.29) is 25.9 Å². The second-order valence-corrected chi connectivity index (χ2v) is 23.0. The number of rotatable bonds is 60. The summed E-state index contributed by atoms with van der Waals surface area (Å²) in [5.41, 5.74) is 0. The van der Waals surface area contributed by atoms with Crippen LogP contribution < -0.4 is 0 Å². The number of ether oxygens (including phenoxy) is 3. The summed E-state index contributed by atoms with van der Waals surface area (Å²) in [5, 5.41) is 9.84. The Bertz CT molecular complexity index is 1420. The molecule has 0 heterocycles. The van der Waals surface area contributed by atoms with Crippen molar-refractivity contribution >= 4 is 25.7 Å². The molecule has 446 valence electrons. The van der Waals surface area contributed by atoms with Crippen LogP contribution in [-0.2, 0) is 42.2 Å². The van der Waals surface area contributed by atoms with Crippen LogP contribution in [0.1, 0.15) is 316 Å². The summed E-state index contributed by atoms with van der Waals surface area (Å²) in [7, 11) is -4.75. The lowest BCUT2D eigenvalue weighted by molar-refractivity contribution is -0.161. The number of carbonyl (C=O) groups is 3. The van der Waals surface area contributed by atoms with Crippen molar-refractivity contribution in [2.75, 3.05) is 26.4 Å². The highest BCUT2D eigenvalue weighted by molar-refractivity contribution is 7.47. The Kier molecular flexibility index (Phi) is 57.1. The van der Waals surface area contributed by atoms with Gasteiger partial charge in [-0.3, -0.25) is 23.4 Å². The molecule has 0 aromatic rings. The number of aliphatic hydroxyl groups is 1. The largest absolute Gasteiger partial charge is 0.472 e. The average molecular weight is 1100 g/mol. The van der Waals surface area contributed by atoms with E-state index in [4.69, 9.17) is 23.3 Å². The van der Waals surface area contributed by atoms with E-state index in [0.29, 0.717) is 19.3 Å². The van der Waals surface area contributed by atoms with E-state index >= 15 is 0 Å². The van der Waals surface area contributed by atoms with E-state index in [1.165, 1.54) is 167 Å². The Balaban J connectivity index is 4.70. The monoisotopic (exact) mass is 1090 g/mol. The first kappa shape index (κ1) is 73.7. The fraction of sp³-hybridized carbons (Fsp3) is 0.859. The maximum absolute atomic E-state index is 12.9. The van der Waals surface area contributed by atoms with E-state index in [2.05, 4.69) is 57.2 Å². The van der Waals surface area contributed by atoms with Crippen LogP contribution in [0.3, 0.4) is 0 Å². The first-order valence-electron chi connectivity index (χ1n) is 31.9. The number of esters is 3. The van der Waals surface area contributed by atoms with Crippen molar-refractivity contribution in [3.63, 3.8) is 0 Å². The minimum atomic E-state index is -4.75. The van der Waals surface area contributed by atoms with Crippen LogP contribution in [0.5, 0.6) is 0 Å². The summed E-state index contributed by atoms with van der Waals surface area (Å²) >= 11 is 0. The molecule has 3 unspecified atom stereocenters. The predicted molar refractivity (Wildman–Crippen MR) is 316 cm³/mol. The fourth-order valence-electron chi connectivity index (χ4n) is 9.11. The molecule has 0 fully saturated rings. The van der Waals surface area contributed by atoms with Crippen molar-refractivity contribution in [2.24, 2.45) is 0 Å². The molecule has 12 heteroatoms. The number of hydrogen-bond donors (Lipinski definition) is 2. The second kappa shape index (κ2) is 58.8. The smallest absolute Gasteiger partial charge is 0.462 e. The molecule has 0 rings (SSSR count). The van der Waals surface area contributed by atoms with E-state index < -0.39 is 57.8 Å². The number of unbranched alkanes of at least 4 members (excludes halogenated alkanes) is 37. The molecule has 0 saturated carbocycles. The molecule has 0 aliphatic rings. The van der Waals surface area contributed by atoms with Crippen molar-refractivity contribution in [2.45, 2.75) is 328 Å². The van der Waals surface area contributed by atoms with Gasteiger partial charge in [0.15, 0.2) is 6.10 Å². The molecule has 0 aliphatic carbocycles. The van der Waals surface area contributed by atoms with Crippen LogP contribution >= 0.6 is 7.82 Å². The van der Waals surface area contributed by atoms with Gasteiger partial charge in [0.05, 0.1) is 19.8 Å². The van der Waals surface area contributed by atoms with Crippen LogP contribution in [-0.4, -0.2) is 66.5 Å². The van der Waals surface area contributed by atoms with Crippen molar-refractivity contribution in [1.29, 1.82) is 0 Å². The summed E-state index contributed by atoms with van der Waals surface area (Å²) in [5.74, 6) is -1.46. The third kappa shape index (κ3) is 56.4. The number of phosphoric acid groups is 1. The first-order chi connectivity index (χ1) is 37.2. The van der Waals surface area contributed by atoms with Gasteiger partial charge in [-0.15, -0.1) is 0 Å². The van der Waals surface area contributed by atoms with Gasteiger partial charge < -0.3 is 24.2 Å². The lowest BCUT2D eigenvalue weighted by Crippen LogP contribution is -2.30. The number of allylic oxidation sites excluding steroid dienone is 6. The second-order valence-electron chi connectivity index (χ2n) is 21.6.